The summed E-state index contributed by atoms with van der Waals surface area (Å²) in [5.74, 6) is 0. The highest BCUT2D eigenvalue weighted by atomic mass is 14.6. The Morgan fingerprint density at radius 2 is 2.00 bits per heavy atom. The molecule has 0 bridgehead atoms. The van der Waals surface area contributed by atoms with Crippen LogP contribution >= 0.6 is 0 Å². The molecule has 0 amide bonds. The molecule has 0 aromatic heterocycles. The van der Waals surface area contributed by atoms with Crippen LogP contribution < -0.4 is 5.73 Å². The second-order valence-corrected chi connectivity index (χ2v) is 5.05. The van der Waals surface area contributed by atoms with Crippen molar-refractivity contribution in [2.45, 2.75) is 33.6 Å². The number of anilines is 1. The van der Waals surface area contributed by atoms with Gasteiger partial charge in [0.25, 0.3) is 0 Å². The Morgan fingerprint density at radius 3 is 2.53 bits per heavy atom. The quantitative estimate of drug-likeness (QED) is 0.749. The molecule has 0 heterocycles. The molecule has 80 valence electrons. The number of hydrogen-bond donors (Lipinski definition) is 1. The largest absolute Gasteiger partial charge is 0.398 e. The molecule has 0 saturated heterocycles. The summed E-state index contributed by atoms with van der Waals surface area (Å²) in [4.78, 5) is 0. The zero-order valence-electron chi connectivity index (χ0n) is 9.67. The van der Waals surface area contributed by atoms with Crippen molar-refractivity contribution >= 4 is 5.69 Å². The molecule has 2 heteroatoms. The Kier molecular flexibility index (Phi) is 3.36. The third kappa shape index (κ3) is 3.28. The molecule has 0 saturated carbocycles. The number of benzene rings is 1. The van der Waals surface area contributed by atoms with Gasteiger partial charge in [0.15, 0.2) is 0 Å². The SMILES string of the molecule is CC(C)(C)CCc1cccc(N)c1C#N. The third-order valence-electron chi connectivity index (χ3n) is 2.44. The Bertz CT molecular complexity index is 381. The minimum absolute atomic E-state index is 0.289. The highest BCUT2D eigenvalue weighted by Gasteiger charge is 2.12. The maximum Gasteiger partial charge on any atom is 0.102 e. The van der Waals surface area contributed by atoms with Crippen molar-refractivity contribution in [2.75, 3.05) is 5.73 Å². The first-order valence-electron chi connectivity index (χ1n) is 5.21. The van der Waals surface area contributed by atoms with Gasteiger partial charge < -0.3 is 5.73 Å². The number of aryl methyl sites for hydroxylation is 1. The normalized spacial score (nSPS) is 11.1. The summed E-state index contributed by atoms with van der Waals surface area (Å²) in [5.41, 5.74) is 8.33. The fourth-order valence-corrected chi connectivity index (χ4v) is 1.47. The lowest BCUT2D eigenvalue weighted by atomic mass is 9.87. The van der Waals surface area contributed by atoms with Gasteiger partial charge in [-0.25, -0.2) is 0 Å². The van der Waals surface area contributed by atoms with Crippen LogP contribution in [0.4, 0.5) is 5.69 Å². The summed E-state index contributed by atoms with van der Waals surface area (Å²) in [6.07, 6.45) is 1.97. The van der Waals surface area contributed by atoms with Gasteiger partial charge in [0.05, 0.1) is 5.56 Å². The summed E-state index contributed by atoms with van der Waals surface area (Å²) >= 11 is 0. The second kappa shape index (κ2) is 4.35. The summed E-state index contributed by atoms with van der Waals surface area (Å²) in [6, 6.07) is 7.85. The number of nitrogen functional groups attached to an aromatic ring is 1. The zero-order valence-corrected chi connectivity index (χ0v) is 9.67. The van der Waals surface area contributed by atoms with Gasteiger partial charge in [-0.3, -0.25) is 0 Å². The monoisotopic (exact) mass is 202 g/mol. The first-order valence-corrected chi connectivity index (χ1v) is 5.21. The third-order valence-corrected chi connectivity index (χ3v) is 2.44. The minimum Gasteiger partial charge on any atom is -0.398 e. The van der Waals surface area contributed by atoms with Gasteiger partial charge in [0, 0.05) is 5.69 Å². The van der Waals surface area contributed by atoms with Crippen molar-refractivity contribution in [3.8, 4) is 6.07 Å². The highest BCUT2D eigenvalue weighted by Crippen LogP contribution is 2.24. The topological polar surface area (TPSA) is 49.8 Å². The second-order valence-electron chi connectivity index (χ2n) is 5.05. The zero-order chi connectivity index (χ0) is 11.5. The van der Waals surface area contributed by atoms with Crippen LogP contribution in [0, 0.1) is 16.7 Å². The number of hydrogen-bond acceptors (Lipinski definition) is 2. The molecule has 2 N–H and O–H groups in total. The molecule has 0 aliphatic carbocycles. The van der Waals surface area contributed by atoms with Gasteiger partial charge in [-0.15, -0.1) is 0 Å². The molecule has 0 radical (unpaired) electrons. The van der Waals surface area contributed by atoms with Crippen molar-refractivity contribution in [3.63, 3.8) is 0 Å². The van der Waals surface area contributed by atoms with E-state index in [1.807, 2.05) is 12.1 Å². The van der Waals surface area contributed by atoms with E-state index in [9.17, 15) is 0 Å². The van der Waals surface area contributed by atoms with E-state index in [2.05, 4.69) is 26.8 Å². The van der Waals surface area contributed by atoms with E-state index in [1.165, 1.54) is 0 Å². The number of rotatable bonds is 2. The predicted octanol–water partition coefficient (Wildman–Crippen LogP) is 3.12. The van der Waals surface area contributed by atoms with Crippen LogP contribution in [0.15, 0.2) is 18.2 Å². The lowest BCUT2D eigenvalue weighted by molar-refractivity contribution is 0.378. The first-order chi connectivity index (χ1) is 6.94. The van der Waals surface area contributed by atoms with Gasteiger partial charge in [0.2, 0.25) is 0 Å². The van der Waals surface area contributed by atoms with Gasteiger partial charge in [0.1, 0.15) is 6.07 Å². The van der Waals surface area contributed by atoms with Gasteiger partial charge in [-0.1, -0.05) is 32.9 Å². The first kappa shape index (κ1) is 11.6. The summed E-state index contributed by atoms with van der Waals surface area (Å²) in [5, 5.41) is 9.00. The molecular formula is C13H18N2. The Balaban J connectivity index is 2.87. The smallest absolute Gasteiger partial charge is 0.102 e. The molecule has 1 aromatic rings. The molecular weight excluding hydrogens is 184 g/mol. The van der Waals surface area contributed by atoms with Crippen molar-refractivity contribution in [1.82, 2.24) is 0 Å². The maximum atomic E-state index is 9.00. The molecule has 1 aromatic carbocycles. The summed E-state index contributed by atoms with van der Waals surface area (Å²) in [7, 11) is 0. The van der Waals surface area contributed by atoms with Crippen LogP contribution in [0.2, 0.25) is 0 Å². The van der Waals surface area contributed by atoms with E-state index in [0.29, 0.717) is 11.3 Å². The van der Waals surface area contributed by atoms with E-state index < -0.39 is 0 Å². The minimum atomic E-state index is 0.289. The van der Waals surface area contributed by atoms with Gasteiger partial charge in [-0.05, 0) is 29.9 Å². The molecule has 15 heavy (non-hydrogen) atoms. The fraction of sp³-hybridized carbons (Fsp3) is 0.462. The van der Waals surface area contributed by atoms with Crippen molar-refractivity contribution in [3.05, 3.63) is 29.3 Å². The molecule has 0 aliphatic heterocycles. The van der Waals surface area contributed by atoms with Crippen molar-refractivity contribution < 1.29 is 0 Å². The lowest BCUT2D eigenvalue weighted by Gasteiger charge is -2.18. The molecule has 1 rings (SSSR count). The van der Waals surface area contributed by atoms with Crippen LogP contribution in [0.25, 0.3) is 0 Å². The van der Waals surface area contributed by atoms with E-state index in [4.69, 9.17) is 11.0 Å². The molecule has 0 unspecified atom stereocenters. The average Bonchev–Trinajstić information content (AvgIpc) is 2.13. The van der Waals surface area contributed by atoms with Gasteiger partial charge in [-0.2, -0.15) is 5.26 Å². The Hall–Kier alpha value is -1.49. The fourth-order valence-electron chi connectivity index (χ4n) is 1.47. The number of nitrogens with two attached hydrogens (primary N) is 1. The summed E-state index contributed by atoms with van der Waals surface area (Å²) < 4.78 is 0. The molecule has 0 fully saturated rings. The lowest BCUT2D eigenvalue weighted by Crippen LogP contribution is -2.07. The standard InChI is InChI=1S/C13H18N2/c1-13(2,3)8-7-10-5-4-6-12(15)11(10)9-14/h4-6H,7-8,15H2,1-3H3. The van der Waals surface area contributed by atoms with E-state index in [0.717, 1.165) is 18.4 Å². The van der Waals surface area contributed by atoms with Crippen molar-refractivity contribution in [2.24, 2.45) is 5.41 Å². The number of nitrogens with zero attached hydrogens (tertiary/aromatic N) is 1. The average molecular weight is 202 g/mol. The predicted molar refractivity (Wildman–Crippen MR) is 63.3 cm³/mol. The summed E-state index contributed by atoms with van der Waals surface area (Å²) in [6.45, 7) is 6.60. The van der Waals surface area contributed by atoms with E-state index in [-0.39, 0.29) is 5.41 Å². The maximum absolute atomic E-state index is 9.00. The molecule has 0 spiro atoms. The van der Waals surface area contributed by atoms with E-state index >= 15 is 0 Å². The van der Waals surface area contributed by atoms with Crippen LogP contribution in [0.1, 0.15) is 38.3 Å². The van der Waals surface area contributed by atoms with E-state index in [1.54, 1.807) is 6.07 Å². The van der Waals surface area contributed by atoms with Crippen LogP contribution in [-0.4, -0.2) is 0 Å². The van der Waals surface area contributed by atoms with Gasteiger partial charge >= 0.3 is 0 Å². The Labute approximate surface area is 91.7 Å². The van der Waals surface area contributed by atoms with Crippen LogP contribution in [0.3, 0.4) is 0 Å². The Morgan fingerprint density at radius 1 is 1.33 bits per heavy atom. The number of nitriles is 1. The molecule has 0 atom stereocenters. The van der Waals surface area contributed by atoms with Crippen LogP contribution in [0.5, 0.6) is 0 Å². The molecule has 0 aliphatic rings. The van der Waals surface area contributed by atoms with Crippen LogP contribution in [-0.2, 0) is 6.42 Å². The van der Waals surface area contributed by atoms with Crippen molar-refractivity contribution in [1.29, 1.82) is 5.26 Å². The molecule has 2 nitrogen and oxygen atoms in total. The highest BCUT2D eigenvalue weighted by molar-refractivity contribution is 5.57.